The van der Waals surface area contributed by atoms with Gasteiger partial charge in [-0.1, -0.05) is 29.8 Å². The Morgan fingerprint density at radius 3 is 2.57 bits per heavy atom. The molecule has 0 bridgehead atoms. The van der Waals surface area contributed by atoms with Crippen molar-refractivity contribution < 1.29 is 4.42 Å². The molecule has 1 saturated heterocycles. The molecule has 1 aliphatic rings. The van der Waals surface area contributed by atoms with Crippen LogP contribution < -0.4 is 5.32 Å². The summed E-state index contributed by atoms with van der Waals surface area (Å²) in [6.07, 6.45) is 4.38. The van der Waals surface area contributed by atoms with Crippen molar-refractivity contribution in [3.63, 3.8) is 0 Å². The summed E-state index contributed by atoms with van der Waals surface area (Å²) >= 11 is 0. The third-order valence-electron chi connectivity index (χ3n) is 4.24. The van der Waals surface area contributed by atoms with E-state index < -0.39 is 0 Å². The first-order valence-electron chi connectivity index (χ1n) is 7.86. The first-order chi connectivity index (χ1) is 10.3. The average molecular weight is 284 g/mol. The van der Waals surface area contributed by atoms with Crippen LogP contribution >= 0.6 is 0 Å². The summed E-state index contributed by atoms with van der Waals surface area (Å²) in [5.41, 5.74) is 2.64. The zero-order valence-corrected chi connectivity index (χ0v) is 12.7. The van der Waals surface area contributed by atoms with E-state index in [1.807, 2.05) is 6.07 Å². The highest BCUT2D eigenvalue weighted by molar-refractivity contribution is 5.21. The first kappa shape index (κ1) is 14.4. The molecular weight excluding hydrogens is 260 g/mol. The number of nitrogens with zero attached hydrogens (tertiary/aromatic N) is 1. The van der Waals surface area contributed by atoms with Crippen molar-refractivity contribution in [2.75, 3.05) is 19.6 Å². The van der Waals surface area contributed by atoms with E-state index in [1.54, 1.807) is 6.26 Å². The predicted molar refractivity (Wildman–Crippen MR) is 85.1 cm³/mol. The van der Waals surface area contributed by atoms with Gasteiger partial charge in [-0.05, 0) is 50.6 Å². The molecule has 0 radical (unpaired) electrons. The van der Waals surface area contributed by atoms with Crippen LogP contribution in [0.3, 0.4) is 0 Å². The molecular formula is C18H24N2O. The average Bonchev–Trinajstić information content (AvgIpc) is 3.19. The molecule has 3 nitrogen and oxygen atoms in total. The van der Waals surface area contributed by atoms with Crippen molar-refractivity contribution in [2.45, 2.75) is 32.4 Å². The van der Waals surface area contributed by atoms with Gasteiger partial charge in [-0.3, -0.25) is 4.90 Å². The van der Waals surface area contributed by atoms with Gasteiger partial charge in [0.05, 0.1) is 12.3 Å². The number of nitrogens with one attached hydrogen (secondary N) is 1. The van der Waals surface area contributed by atoms with Gasteiger partial charge in [0.15, 0.2) is 0 Å². The molecule has 112 valence electrons. The molecule has 0 aliphatic carbocycles. The summed E-state index contributed by atoms with van der Waals surface area (Å²) in [7, 11) is 0. The number of rotatable bonds is 6. The molecule has 1 aromatic carbocycles. The van der Waals surface area contributed by atoms with E-state index in [-0.39, 0.29) is 0 Å². The van der Waals surface area contributed by atoms with Crippen LogP contribution in [0.4, 0.5) is 0 Å². The van der Waals surface area contributed by atoms with E-state index in [2.05, 4.69) is 47.5 Å². The van der Waals surface area contributed by atoms with Gasteiger partial charge in [0.25, 0.3) is 0 Å². The molecule has 0 amide bonds. The third-order valence-corrected chi connectivity index (χ3v) is 4.24. The topological polar surface area (TPSA) is 28.4 Å². The van der Waals surface area contributed by atoms with Crippen LogP contribution in [0.15, 0.2) is 47.1 Å². The number of benzene rings is 1. The Balaban J connectivity index is 1.58. The zero-order chi connectivity index (χ0) is 14.5. The highest BCUT2D eigenvalue weighted by atomic mass is 16.3. The molecule has 1 fully saturated rings. The lowest BCUT2D eigenvalue weighted by Crippen LogP contribution is -2.33. The first-order valence-corrected chi connectivity index (χ1v) is 7.86. The SMILES string of the molecule is Cc1ccc(CNCC(c2ccco2)N2CCCC2)cc1. The maximum absolute atomic E-state index is 5.64. The predicted octanol–water partition coefficient (Wildman–Crippen LogP) is 3.51. The van der Waals surface area contributed by atoms with E-state index in [1.165, 1.54) is 37.1 Å². The molecule has 21 heavy (non-hydrogen) atoms. The van der Waals surface area contributed by atoms with E-state index >= 15 is 0 Å². The molecule has 2 aromatic rings. The fraction of sp³-hybridized carbons (Fsp3) is 0.444. The van der Waals surface area contributed by atoms with Crippen molar-refractivity contribution in [3.8, 4) is 0 Å². The standard InChI is InChI=1S/C18H24N2O/c1-15-6-8-16(9-7-15)13-19-14-17(18-5-4-12-21-18)20-10-2-3-11-20/h4-9,12,17,19H,2-3,10-11,13-14H2,1H3. The second-order valence-corrected chi connectivity index (χ2v) is 5.89. The normalized spacial score (nSPS) is 17.2. The Labute approximate surface area is 127 Å². The minimum absolute atomic E-state index is 0.355. The summed E-state index contributed by atoms with van der Waals surface area (Å²) in [6.45, 7) is 6.32. The highest BCUT2D eigenvalue weighted by Crippen LogP contribution is 2.24. The van der Waals surface area contributed by atoms with Gasteiger partial charge in [-0.25, -0.2) is 0 Å². The molecule has 1 aromatic heterocycles. The van der Waals surface area contributed by atoms with Gasteiger partial charge in [0, 0.05) is 13.1 Å². The summed E-state index contributed by atoms with van der Waals surface area (Å²) in [6, 6.07) is 13.2. The van der Waals surface area contributed by atoms with Gasteiger partial charge in [-0.2, -0.15) is 0 Å². The second-order valence-electron chi connectivity index (χ2n) is 5.89. The maximum atomic E-state index is 5.64. The second kappa shape index (κ2) is 6.92. The minimum atomic E-state index is 0.355. The number of hydrogen-bond acceptors (Lipinski definition) is 3. The van der Waals surface area contributed by atoms with Crippen molar-refractivity contribution in [2.24, 2.45) is 0 Å². The minimum Gasteiger partial charge on any atom is -0.468 e. The van der Waals surface area contributed by atoms with Crippen LogP contribution in [0, 0.1) is 6.92 Å². The van der Waals surface area contributed by atoms with Crippen LogP contribution in [0.5, 0.6) is 0 Å². The Hall–Kier alpha value is -1.58. The summed E-state index contributed by atoms with van der Waals surface area (Å²) in [4.78, 5) is 2.53. The van der Waals surface area contributed by atoms with E-state index in [0.29, 0.717) is 6.04 Å². The maximum Gasteiger partial charge on any atom is 0.122 e. The molecule has 0 spiro atoms. The van der Waals surface area contributed by atoms with Crippen LogP contribution in [0.2, 0.25) is 0 Å². The molecule has 1 atom stereocenters. The fourth-order valence-electron chi connectivity index (χ4n) is 3.00. The van der Waals surface area contributed by atoms with Crippen molar-refractivity contribution >= 4 is 0 Å². The van der Waals surface area contributed by atoms with Gasteiger partial charge in [0.1, 0.15) is 5.76 Å². The van der Waals surface area contributed by atoms with E-state index in [9.17, 15) is 0 Å². The number of likely N-dealkylation sites (tertiary alicyclic amines) is 1. The zero-order valence-electron chi connectivity index (χ0n) is 12.7. The largest absolute Gasteiger partial charge is 0.468 e. The Morgan fingerprint density at radius 2 is 1.90 bits per heavy atom. The monoisotopic (exact) mass is 284 g/mol. The van der Waals surface area contributed by atoms with Crippen molar-refractivity contribution in [1.29, 1.82) is 0 Å². The Kier molecular flexibility index (Phi) is 4.73. The molecule has 1 unspecified atom stereocenters. The summed E-state index contributed by atoms with van der Waals surface area (Å²) < 4.78 is 5.64. The number of furan rings is 1. The highest BCUT2D eigenvalue weighted by Gasteiger charge is 2.24. The lowest BCUT2D eigenvalue weighted by Gasteiger charge is -2.26. The van der Waals surface area contributed by atoms with Crippen LogP contribution in [-0.2, 0) is 6.54 Å². The Bertz CT molecular complexity index is 527. The fourth-order valence-corrected chi connectivity index (χ4v) is 3.00. The molecule has 1 N–H and O–H groups in total. The molecule has 2 heterocycles. The van der Waals surface area contributed by atoms with Gasteiger partial charge in [-0.15, -0.1) is 0 Å². The van der Waals surface area contributed by atoms with Crippen LogP contribution in [0.1, 0.15) is 35.8 Å². The van der Waals surface area contributed by atoms with Gasteiger partial charge < -0.3 is 9.73 Å². The van der Waals surface area contributed by atoms with Crippen LogP contribution in [0.25, 0.3) is 0 Å². The van der Waals surface area contributed by atoms with Crippen LogP contribution in [-0.4, -0.2) is 24.5 Å². The lowest BCUT2D eigenvalue weighted by atomic mass is 10.1. The van der Waals surface area contributed by atoms with Gasteiger partial charge in [0.2, 0.25) is 0 Å². The Morgan fingerprint density at radius 1 is 1.14 bits per heavy atom. The summed E-state index contributed by atoms with van der Waals surface area (Å²) in [5.74, 6) is 1.08. The molecule has 3 heteroatoms. The lowest BCUT2D eigenvalue weighted by molar-refractivity contribution is 0.209. The molecule has 1 aliphatic heterocycles. The smallest absolute Gasteiger partial charge is 0.122 e. The van der Waals surface area contributed by atoms with E-state index in [4.69, 9.17) is 4.42 Å². The van der Waals surface area contributed by atoms with E-state index in [0.717, 1.165) is 18.8 Å². The van der Waals surface area contributed by atoms with Crippen molar-refractivity contribution in [1.82, 2.24) is 10.2 Å². The quantitative estimate of drug-likeness (QED) is 0.880. The third kappa shape index (κ3) is 3.74. The van der Waals surface area contributed by atoms with Gasteiger partial charge >= 0.3 is 0 Å². The number of hydrogen-bond donors (Lipinski definition) is 1. The van der Waals surface area contributed by atoms with Crippen molar-refractivity contribution in [3.05, 3.63) is 59.5 Å². The number of aryl methyl sites for hydroxylation is 1. The molecule has 0 saturated carbocycles. The molecule has 3 rings (SSSR count). The summed E-state index contributed by atoms with van der Waals surface area (Å²) in [5, 5.41) is 3.58.